The highest BCUT2D eigenvalue weighted by molar-refractivity contribution is 5.79. The summed E-state index contributed by atoms with van der Waals surface area (Å²) in [6.45, 7) is 0.165. The van der Waals surface area contributed by atoms with Crippen LogP contribution >= 0.6 is 0 Å². The molecule has 1 heterocycles. The number of para-hydroxylation sites is 2. The number of benzene rings is 3. The molecule has 0 N–H and O–H groups in total. The van der Waals surface area contributed by atoms with E-state index in [9.17, 15) is 14.9 Å². The summed E-state index contributed by atoms with van der Waals surface area (Å²) in [5.41, 5.74) is 2.80. The maximum atomic E-state index is 13.3. The van der Waals surface area contributed by atoms with E-state index in [2.05, 4.69) is 0 Å². The Morgan fingerprint density at radius 3 is 2.36 bits per heavy atom. The van der Waals surface area contributed by atoms with Gasteiger partial charge in [0.25, 0.3) is 5.91 Å². The van der Waals surface area contributed by atoms with Crippen molar-refractivity contribution in [2.45, 2.75) is 12.5 Å². The van der Waals surface area contributed by atoms with Gasteiger partial charge in [0.05, 0.1) is 25.2 Å². The minimum atomic E-state index is -0.524. The number of carbonyl (C=O) groups is 1. The average molecular weight is 448 g/mol. The standard InChI is InChI=1S/C25H24N2O6/c1-31-22-14-18-12-13-26(24(28)16-33-21-11-7-6-10-20(21)27(29)30)25(17-8-4-3-5-9-17)19(18)15-23(22)32-2/h3-11,14-15,25H,12-13,16H2,1-2H3. The van der Waals surface area contributed by atoms with Crippen LogP contribution in [0, 0.1) is 10.1 Å². The Morgan fingerprint density at radius 2 is 1.67 bits per heavy atom. The van der Waals surface area contributed by atoms with Gasteiger partial charge in [0.1, 0.15) is 0 Å². The molecule has 0 fully saturated rings. The van der Waals surface area contributed by atoms with E-state index in [0.717, 1.165) is 16.7 Å². The maximum absolute atomic E-state index is 13.3. The van der Waals surface area contributed by atoms with Crippen molar-refractivity contribution in [1.29, 1.82) is 0 Å². The number of ether oxygens (including phenoxy) is 3. The van der Waals surface area contributed by atoms with E-state index in [0.29, 0.717) is 24.5 Å². The van der Waals surface area contributed by atoms with E-state index < -0.39 is 4.92 Å². The molecule has 1 unspecified atom stereocenters. The van der Waals surface area contributed by atoms with E-state index in [-0.39, 0.29) is 30.0 Å². The number of nitrogens with zero attached hydrogens (tertiary/aromatic N) is 2. The van der Waals surface area contributed by atoms with Gasteiger partial charge in [-0.2, -0.15) is 0 Å². The Balaban J connectivity index is 1.67. The number of fused-ring (bicyclic) bond motifs is 1. The molecule has 0 saturated heterocycles. The van der Waals surface area contributed by atoms with Gasteiger partial charge in [0.15, 0.2) is 23.9 Å². The van der Waals surface area contributed by atoms with Crippen molar-refractivity contribution < 1.29 is 23.9 Å². The molecule has 1 amide bonds. The molecule has 0 aromatic heterocycles. The molecule has 1 atom stereocenters. The number of nitro benzene ring substituents is 1. The van der Waals surface area contributed by atoms with Crippen molar-refractivity contribution in [2.75, 3.05) is 27.4 Å². The fourth-order valence-electron chi connectivity index (χ4n) is 4.16. The van der Waals surface area contributed by atoms with Gasteiger partial charge in [-0.15, -0.1) is 0 Å². The molecule has 33 heavy (non-hydrogen) atoms. The van der Waals surface area contributed by atoms with Crippen LogP contribution in [0.1, 0.15) is 22.7 Å². The molecule has 1 aliphatic rings. The van der Waals surface area contributed by atoms with Crippen molar-refractivity contribution in [3.63, 3.8) is 0 Å². The third-order valence-electron chi connectivity index (χ3n) is 5.72. The number of nitro groups is 1. The monoisotopic (exact) mass is 448 g/mol. The molecule has 0 saturated carbocycles. The molecule has 8 heteroatoms. The first-order valence-corrected chi connectivity index (χ1v) is 10.5. The second-order valence-corrected chi connectivity index (χ2v) is 7.57. The van der Waals surface area contributed by atoms with Crippen molar-refractivity contribution in [3.05, 3.63) is 93.5 Å². The van der Waals surface area contributed by atoms with Gasteiger partial charge in [-0.1, -0.05) is 42.5 Å². The van der Waals surface area contributed by atoms with Gasteiger partial charge in [-0.25, -0.2) is 0 Å². The lowest BCUT2D eigenvalue weighted by atomic mass is 9.87. The van der Waals surface area contributed by atoms with Gasteiger partial charge >= 0.3 is 5.69 Å². The zero-order chi connectivity index (χ0) is 23.4. The first-order chi connectivity index (χ1) is 16.0. The highest BCUT2D eigenvalue weighted by Crippen LogP contribution is 2.41. The van der Waals surface area contributed by atoms with Crippen LogP contribution in [-0.4, -0.2) is 43.1 Å². The van der Waals surface area contributed by atoms with Crippen molar-refractivity contribution in [3.8, 4) is 17.2 Å². The zero-order valence-corrected chi connectivity index (χ0v) is 18.4. The maximum Gasteiger partial charge on any atom is 0.310 e. The first kappa shape index (κ1) is 22.1. The molecule has 4 rings (SSSR count). The molecule has 0 bridgehead atoms. The summed E-state index contributed by atoms with van der Waals surface area (Å²) >= 11 is 0. The summed E-state index contributed by atoms with van der Waals surface area (Å²) in [5.74, 6) is 1.03. The van der Waals surface area contributed by atoms with Gasteiger partial charge in [0.2, 0.25) is 0 Å². The number of hydrogen-bond acceptors (Lipinski definition) is 6. The Kier molecular flexibility index (Phi) is 6.44. The molecule has 3 aromatic carbocycles. The topological polar surface area (TPSA) is 91.1 Å². The lowest BCUT2D eigenvalue weighted by Crippen LogP contribution is -2.43. The third-order valence-corrected chi connectivity index (χ3v) is 5.72. The molecule has 8 nitrogen and oxygen atoms in total. The van der Waals surface area contributed by atoms with Crippen molar-refractivity contribution in [2.24, 2.45) is 0 Å². The normalized spacial score (nSPS) is 14.8. The molecular weight excluding hydrogens is 424 g/mol. The highest BCUT2D eigenvalue weighted by Gasteiger charge is 2.33. The Bertz CT molecular complexity index is 1160. The molecule has 0 radical (unpaired) electrons. The van der Waals surface area contributed by atoms with Crippen LogP contribution in [0.3, 0.4) is 0 Å². The number of carbonyl (C=O) groups excluding carboxylic acids is 1. The van der Waals surface area contributed by atoms with Crippen molar-refractivity contribution in [1.82, 2.24) is 4.90 Å². The van der Waals surface area contributed by atoms with Crippen LogP contribution in [0.4, 0.5) is 5.69 Å². The molecule has 0 spiro atoms. The summed E-state index contributed by atoms with van der Waals surface area (Å²) in [7, 11) is 3.17. The lowest BCUT2D eigenvalue weighted by molar-refractivity contribution is -0.385. The van der Waals surface area contributed by atoms with E-state index in [1.165, 1.54) is 12.1 Å². The predicted octanol–water partition coefficient (Wildman–Crippen LogP) is 4.17. The molecular formula is C25H24N2O6. The number of rotatable bonds is 7. The smallest absolute Gasteiger partial charge is 0.310 e. The van der Waals surface area contributed by atoms with Crippen LogP contribution in [0.2, 0.25) is 0 Å². The van der Waals surface area contributed by atoms with Gasteiger partial charge < -0.3 is 19.1 Å². The third kappa shape index (κ3) is 4.45. The minimum Gasteiger partial charge on any atom is -0.493 e. The summed E-state index contributed by atoms with van der Waals surface area (Å²) in [6.07, 6.45) is 0.635. The summed E-state index contributed by atoms with van der Waals surface area (Å²) in [4.78, 5) is 25.8. The Morgan fingerprint density at radius 1 is 1.00 bits per heavy atom. The fraction of sp³-hybridized carbons (Fsp3) is 0.240. The number of amides is 1. The summed E-state index contributed by atoms with van der Waals surface area (Å²) < 4.78 is 16.6. The molecule has 170 valence electrons. The SMILES string of the molecule is COc1cc2c(cc1OC)C(c1ccccc1)N(C(=O)COc1ccccc1[N+](=O)[O-])CC2. The van der Waals surface area contributed by atoms with Crippen LogP contribution in [0.25, 0.3) is 0 Å². The highest BCUT2D eigenvalue weighted by atomic mass is 16.6. The van der Waals surface area contributed by atoms with Crippen molar-refractivity contribution >= 4 is 11.6 Å². The van der Waals surface area contributed by atoms with E-state index in [4.69, 9.17) is 14.2 Å². The predicted molar refractivity (Wildman–Crippen MR) is 122 cm³/mol. The number of methoxy groups -OCH3 is 2. The first-order valence-electron chi connectivity index (χ1n) is 10.5. The van der Waals surface area contributed by atoms with Gasteiger partial charge in [0, 0.05) is 12.6 Å². The van der Waals surface area contributed by atoms with E-state index >= 15 is 0 Å². The summed E-state index contributed by atoms with van der Waals surface area (Å²) in [6, 6.07) is 19.3. The fourth-order valence-corrected chi connectivity index (χ4v) is 4.16. The number of hydrogen-bond donors (Lipinski definition) is 0. The van der Waals surface area contributed by atoms with Crippen LogP contribution in [-0.2, 0) is 11.2 Å². The van der Waals surface area contributed by atoms with Gasteiger partial charge in [-0.05, 0) is 41.3 Å². The van der Waals surface area contributed by atoms with Crippen LogP contribution in [0.5, 0.6) is 17.2 Å². The van der Waals surface area contributed by atoms with Gasteiger partial charge in [-0.3, -0.25) is 14.9 Å². The second kappa shape index (κ2) is 9.60. The lowest BCUT2D eigenvalue weighted by Gasteiger charge is -2.38. The second-order valence-electron chi connectivity index (χ2n) is 7.57. The Hall–Kier alpha value is -4.07. The van der Waals surface area contributed by atoms with Crippen LogP contribution < -0.4 is 14.2 Å². The summed E-state index contributed by atoms with van der Waals surface area (Å²) in [5, 5.41) is 11.3. The quantitative estimate of drug-likeness (QED) is 0.398. The molecule has 3 aromatic rings. The molecule has 0 aliphatic carbocycles. The Labute approximate surface area is 191 Å². The zero-order valence-electron chi connectivity index (χ0n) is 18.4. The minimum absolute atomic E-state index is 0.0657. The van der Waals surface area contributed by atoms with E-state index in [1.807, 2.05) is 42.5 Å². The van der Waals surface area contributed by atoms with E-state index in [1.54, 1.807) is 31.3 Å². The largest absolute Gasteiger partial charge is 0.493 e. The van der Waals surface area contributed by atoms with Crippen LogP contribution in [0.15, 0.2) is 66.7 Å². The molecule has 1 aliphatic heterocycles. The average Bonchev–Trinajstić information content (AvgIpc) is 2.86.